The van der Waals surface area contributed by atoms with Crippen molar-refractivity contribution in [3.05, 3.63) is 35.9 Å². The van der Waals surface area contributed by atoms with Crippen LogP contribution in [0.5, 0.6) is 0 Å². The summed E-state index contributed by atoms with van der Waals surface area (Å²) in [5, 5.41) is 9.40. The maximum Gasteiger partial charge on any atom is 0.315 e. The van der Waals surface area contributed by atoms with Gasteiger partial charge in [0.25, 0.3) is 0 Å². The SMILES string of the molecule is CCN(C)CC(C)(C(=O)O)c1ccccc1. The van der Waals surface area contributed by atoms with Crippen molar-refractivity contribution in [2.24, 2.45) is 0 Å². The second-order valence-corrected chi connectivity index (χ2v) is 4.33. The number of carbonyl (C=O) groups is 1. The lowest BCUT2D eigenvalue weighted by Gasteiger charge is -2.30. The van der Waals surface area contributed by atoms with E-state index in [9.17, 15) is 9.90 Å². The molecule has 0 radical (unpaired) electrons. The lowest BCUT2D eigenvalue weighted by atomic mass is 9.82. The predicted octanol–water partition coefficient (Wildman–Crippen LogP) is 1.98. The molecule has 0 bridgehead atoms. The van der Waals surface area contributed by atoms with E-state index in [4.69, 9.17) is 0 Å². The molecule has 0 aliphatic rings. The zero-order chi connectivity index (χ0) is 12.2. The number of nitrogens with zero attached hydrogens (tertiary/aromatic N) is 1. The highest BCUT2D eigenvalue weighted by molar-refractivity contribution is 5.81. The molecule has 0 aromatic heterocycles. The fourth-order valence-electron chi connectivity index (χ4n) is 1.74. The molecule has 3 nitrogen and oxygen atoms in total. The average molecular weight is 221 g/mol. The number of aliphatic carboxylic acids is 1. The van der Waals surface area contributed by atoms with Crippen LogP contribution in [0.4, 0.5) is 0 Å². The highest BCUT2D eigenvalue weighted by atomic mass is 16.4. The molecule has 1 N–H and O–H groups in total. The number of carboxylic acid groups (broad SMARTS) is 1. The molecule has 0 aliphatic carbocycles. The van der Waals surface area contributed by atoms with Crippen LogP contribution in [-0.2, 0) is 10.2 Å². The van der Waals surface area contributed by atoms with E-state index in [1.807, 2.05) is 49.2 Å². The van der Waals surface area contributed by atoms with Gasteiger partial charge in [0, 0.05) is 6.54 Å². The van der Waals surface area contributed by atoms with Crippen LogP contribution in [-0.4, -0.2) is 36.1 Å². The van der Waals surface area contributed by atoms with Gasteiger partial charge in [0.15, 0.2) is 0 Å². The van der Waals surface area contributed by atoms with Crippen molar-refractivity contribution in [2.75, 3.05) is 20.1 Å². The van der Waals surface area contributed by atoms with Gasteiger partial charge in [-0.15, -0.1) is 0 Å². The molecule has 0 amide bonds. The Morgan fingerprint density at radius 2 is 1.94 bits per heavy atom. The molecule has 0 saturated heterocycles. The van der Waals surface area contributed by atoms with Gasteiger partial charge in [-0.3, -0.25) is 4.79 Å². The Labute approximate surface area is 96.7 Å². The molecule has 1 atom stereocenters. The highest BCUT2D eigenvalue weighted by Gasteiger charge is 2.35. The summed E-state index contributed by atoms with van der Waals surface area (Å²) >= 11 is 0. The van der Waals surface area contributed by atoms with E-state index in [2.05, 4.69) is 0 Å². The zero-order valence-electron chi connectivity index (χ0n) is 10.1. The van der Waals surface area contributed by atoms with Gasteiger partial charge in [0.2, 0.25) is 0 Å². The Hall–Kier alpha value is -1.35. The van der Waals surface area contributed by atoms with Crippen molar-refractivity contribution in [1.82, 2.24) is 4.90 Å². The van der Waals surface area contributed by atoms with E-state index in [0.717, 1.165) is 12.1 Å². The smallest absolute Gasteiger partial charge is 0.315 e. The minimum absolute atomic E-state index is 0.517. The molecule has 1 rings (SSSR count). The van der Waals surface area contributed by atoms with Gasteiger partial charge in [-0.05, 0) is 26.1 Å². The summed E-state index contributed by atoms with van der Waals surface area (Å²) in [6.07, 6.45) is 0. The summed E-state index contributed by atoms with van der Waals surface area (Å²) in [7, 11) is 1.93. The van der Waals surface area contributed by atoms with Gasteiger partial charge in [-0.1, -0.05) is 37.3 Å². The van der Waals surface area contributed by atoms with Crippen molar-refractivity contribution >= 4 is 5.97 Å². The monoisotopic (exact) mass is 221 g/mol. The maximum atomic E-state index is 11.4. The first-order valence-corrected chi connectivity index (χ1v) is 5.48. The molecule has 3 heteroatoms. The van der Waals surface area contributed by atoms with Crippen molar-refractivity contribution in [3.8, 4) is 0 Å². The van der Waals surface area contributed by atoms with Crippen molar-refractivity contribution < 1.29 is 9.90 Å². The Bertz CT molecular complexity index is 350. The number of rotatable bonds is 5. The summed E-state index contributed by atoms with van der Waals surface area (Å²) in [5.74, 6) is -0.779. The Kier molecular flexibility index (Phi) is 4.07. The highest BCUT2D eigenvalue weighted by Crippen LogP contribution is 2.24. The van der Waals surface area contributed by atoms with Crippen LogP contribution in [0.1, 0.15) is 19.4 Å². The van der Waals surface area contributed by atoms with Crippen molar-refractivity contribution in [1.29, 1.82) is 0 Å². The Morgan fingerprint density at radius 1 is 1.38 bits per heavy atom. The predicted molar refractivity (Wildman–Crippen MR) is 64.6 cm³/mol. The summed E-state index contributed by atoms with van der Waals surface area (Å²) in [5.41, 5.74) is 0.00856. The molecular weight excluding hydrogens is 202 g/mol. The first-order chi connectivity index (χ1) is 7.50. The third kappa shape index (κ3) is 2.61. The Morgan fingerprint density at radius 3 is 2.38 bits per heavy atom. The second-order valence-electron chi connectivity index (χ2n) is 4.33. The number of hydrogen-bond acceptors (Lipinski definition) is 2. The molecule has 0 aliphatic heterocycles. The molecule has 0 heterocycles. The summed E-state index contributed by atoms with van der Waals surface area (Å²) in [6.45, 7) is 5.16. The molecule has 0 fully saturated rings. The summed E-state index contributed by atoms with van der Waals surface area (Å²) in [4.78, 5) is 13.5. The largest absolute Gasteiger partial charge is 0.481 e. The topological polar surface area (TPSA) is 40.5 Å². The van der Waals surface area contributed by atoms with E-state index in [0.29, 0.717) is 6.54 Å². The van der Waals surface area contributed by atoms with Crippen LogP contribution in [0.2, 0.25) is 0 Å². The van der Waals surface area contributed by atoms with Crippen LogP contribution in [0, 0.1) is 0 Å². The third-order valence-corrected chi connectivity index (χ3v) is 3.01. The van der Waals surface area contributed by atoms with E-state index in [-0.39, 0.29) is 0 Å². The minimum atomic E-state index is -0.841. The van der Waals surface area contributed by atoms with Crippen LogP contribution in [0.25, 0.3) is 0 Å². The molecule has 0 spiro atoms. The lowest BCUT2D eigenvalue weighted by Crippen LogP contribution is -2.43. The van der Waals surface area contributed by atoms with Crippen LogP contribution < -0.4 is 0 Å². The molecule has 1 aromatic rings. The standard InChI is InChI=1S/C13H19NO2/c1-4-14(3)10-13(2,12(15)16)11-8-6-5-7-9-11/h5-9H,4,10H2,1-3H3,(H,15,16). The van der Waals surface area contributed by atoms with Crippen molar-refractivity contribution in [3.63, 3.8) is 0 Å². The lowest BCUT2D eigenvalue weighted by molar-refractivity contribution is -0.143. The van der Waals surface area contributed by atoms with Gasteiger partial charge in [-0.2, -0.15) is 0 Å². The van der Waals surface area contributed by atoms with E-state index in [1.54, 1.807) is 6.92 Å². The first-order valence-electron chi connectivity index (χ1n) is 5.48. The summed E-state index contributed by atoms with van der Waals surface area (Å²) < 4.78 is 0. The second kappa shape index (κ2) is 5.12. The average Bonchev–Trinajstić information content (AvgIpc) is 2.29. The summed E-state index contributed by atoms with van der Waals surface area (Å²) in [6, 6.07) is 9.40. The quantitative estimate of drug-likeness (QED) is 0.826. The fourth-order valence-corrected chi connectivity index (χ4v) is 1.74. The van der Waals surface area contributed by atoms with Gasteiger partial charge in [0.1, 0.15) is 5.41 Å². The molecular formula is C13H19NO2. The molecule has 1 aromatic carbocycles. The normalized spacial score (nSPS) is 14.8. The van der Waals surface area contributed by atoms with Crippen LogP contribution in [0.15, 0.2) is 30.3 Å². The molecule has 88 valence electrons. The fraction of sp³-hybridized carbons (Fsp3) is 0.462. The van der Waals surface area contributed by atoms with E-state index >= 15 is 0 Å². The minimum Gasteiger partial charge on any atom is -0.481 e. The first kappa shape index (κ1) is 12.7. The molecule has 16 heavy (non-hydrogen) atoms. The number of likely N-dealkylation sites (N-methyl/N-ethyl adjacent to an activating group) is 1. The van der Waals surface area contributed by atoms with E-state index in [1.165, 1.54) is 0 Å². The van der Waals surface area contributed by atoms with Gasteiger partial charge >= 0.3 is 5.97 Å². The number of benzene rings is 1. The van der Waals surface area contributed by atoms with Crippen molar-refractivity contribution in [2.45, 2.75) is 19.3 Å². The zero-order valence-corrected chi connectivity index (χ0v) is 10.1. The maximum absolute atomic E-state index is 11.4. The Balaban J connectivity index is 3.02. The third-order valence-electron chi connectivity index (χ3n) is 3.01. The van der Waals surface area contributed by atoms with Crippen LogP contribution >= 0.6 is 0 Å². The number of hydrogen-bond donors (Lipinski definition) is 1. The molecule has 1 unspecified atom stereocenters. The van der Waals surface area contributed by atoms with Gasteiger partial charge in [0.05, 0.1) is 0 Å². The molecule has 0 saturated carbocycles. The number of carboxylic acids is 1. The van der Waals surface area contributed by atoms with Gasteiger partial charge < -0.3 is 10.0 Å². The van der Waals surface area contributed by atoms with Crippen LogP contribution in [0.3, 0.4) is 0 Å². The van der Waals surface area contributed by atoms with E-state index < -0.39 is 11.4 Å². The van der Waals surface area contributed by atoms with Gasteiger partial charge in [-0.25, -0.2) is 0 Å².